The van der Waals surface area contributed by atoms with Crippen LogP contribution in [0, 0.1) is 29.1 Å². The van der Waals surface area contributed by atoms with Crippen molar-refractivity contribution in [2.45, 2.75) is 121 Å². The fraction of sp³-hybridized carbons (Fsp3) is 0.508. The van der Waals surface area contributed by atoms with Crippen molar-refractivity contribution in [3.63, 3.8) is 0 Å². The van der Waals surface area contributed by atoms with Crippen LogP contribution in [0.25, 0.3) is 5.57 Å². The number of phenolic OH excluding ortho intramolecular Hbond substituents is 1. The van der Waals surface area contributed by atoms with Crippen molar-refractivity contribution in [1.82, 2.24) is 20.9 Å². The summed E-state index contributed by atoms with van der Waals surface area (Å²) in [7, 11) is 0. The van der Waals surface area contributed by atoms with Gasteiger partial charge in [0.15, 0.2) is 24.1 Å². The van der Waals surface area contributed by atoms with Gasteiger partial charge in [-0.05, 0) is 201 Å². The third-order valence-electron chi connectivity index (χ3n) is 16.1. The van der Waals surface area contributed by atoms with Gasteiger partial charge >= 0.3 is 0 Å². The zero-order valence-electron chi connectivity index (χ0n) is 41.7. The third-order valence-corrected chi connectivity index (χ3v) is 16.1. The van der Waals surface area contributed by atoms with Crippen molar-refractivity contribution in [3.8, 4) is 11.5 Å². The molecule has 1 aromatic heterocycles. The number of aryl methyl sites for hydroxylation is 4. The van der Waals surface area contributed by atoms with Crippen LogP contribution in [0.3, 0.4) is 0 Å². The maximum Gasteiger partial charge on any atom is 0.186 e. The van der Waals surface area contributed by atoms with Gasteiger partial charge in [-0.2, -0.15) is 0 Å². The summed E-state index contributed by atoms with van der Waals surface area (Å²) in [5.41, 5.74) is 13.3. The van der Waals surface area contributed by atoms with Crippen molar-refractivity contribution in [3.05, 3.63) is 136 Å². The normalized spacial score (nSPS) is 24.5. The van der Waals surface area contributed by atoms with Crippen LogP contribution in [0.2, 0.25) is 0 Å². The van der Waals surface area contributed by atoms with E-state index in [0.29, 0.717) is 78.5 Å². The van der Waals surface area contributed by atoms with Crippen LogP contribution in [0.15, 0.2) is 97.2 Å². The highest BCUT2D eigenvalue weighted by Crippen LogP contribution is 2.53. The van der Waals surface area contributed by atoms with Crippen LogP contribution in [0.1, 0.15) is 110 Å². The molecule has 0 radical (unpaired) electrons. The summed E-state index contributed by atoms with van der Waals surface area (Å²) < 4.78 is 5.36. The molecule has 8 unspecified atom stereocenters. The van der Waals surface area contributed by atoms with Crippen LogP contribution in [-0.2, 0) is 41.7 Å². The van der Waals surface area contributed by atoms with Crippen molar-refractivity contribution >= 4 is 23.0 Å². The number of aromatic nitrogens is 1. The van der Waals surface area contributed by atoms with Crippen LogP contribution < -0.4 is 26.4 Å². The smallest absolute Gasteiger partial charge is 0.186 e. The summed E-state index contributed by atoms with van der Waals surface area (Å²) in [5, 5.41) is 52.8. The fourth-order valence-electron chi connectivity index (χ4n) is 12.7. The number of ketones is 2. The first-order chi connectivity index (χ1) is 34.5. The van der Waals surface area contributed by atoms with Gasteiger partial charge < -0.3 is 46.8 Å². The number of Topliss-reactive ketones (excluding diaryl/α,β-unsaturated/α-hetero) is 1. The van der Waals surface area contributed by atoms with Gasteiger partial charge in [0.25, 0.3) is 0 Å². The van der Waals surface area contributed by atoms with Crippen molar-refractivity contribution in [2.75, 3.05) is 45.3 Å². The number of aliphatic hydroxyl groups is 3. The molecule has 4 aliphatic rings. The minimum atomic E-state index is -0.688. The Bertz CT molecular complexity index is 2480. The van der Waals surface area contributed by atoms with Gasteiger partial charge in [0.1, 0.15) is 11.6 Å². The van der Waals surface area contributed by atoms with E-state index in [2.05, 4.69) is 81.6 Å². The van der Waals surface area contributed by atoms with Gasteiger partial charge in [0, 0.05) is 37.8 Å². The lowest BCUT2D eigenvalue weighted by molar-refractivity contribution is -0.124. The van der Waals surface area contributed by atoms with E-state index < -0.39 is 25.3 Å². The number of nitrogens with zero attached hydrogens (tertiary/aromatic N) is 1. The number of nitrogens with two attached hydrogens (primary N) is 1. The molecule has 0 amide bonds. The molecule has 3 heterocycles. The highest BCUT2D eigenvalue weighted by Gasteiger charge is 2.49. The zero-order chi connectivity index (χ0) is 49.7. The van der Waals surface area contributed by atoms with E-state index in [1.807, 2.05) is 19.1 Å². The fourth-order valence-corrected chi connectivity index (χ4v) is 12.7. The molecule has 1 saturated heterocycles. The van der Waals surface area contributed by atoms with Gasteiger partial charge in [-0.15, -0.1) is 0 Å². The number of nitrogens with one attached hydrogen (secondary N) is 3. The van der Waals surface area contributed by atoms with E-state index in [9.17, 15) is 30.0 Å². The number of benzene rings is 3. The summed E-state index contributed by atoms with van der Waals surface area (Å²) in [6.07, 6.45) is 19.3. The number of fused-ring (bicyclic) bond motifs is 2. The summed E-state index contributed by atoms with van der Waals surface area (Å²) in [6.45, 7) is 4.23. The maximum absolute atomic E-state index is 13.8. The first kappa shape index (κ1) is 52.1. The number of rotatable bonds is 24. The molecule has 8 rings (SSSR count). The molecular formula is C59H77N5O7. The number of carbonyl (C=O) groups excluding carboxylic acids is 2. The van der Waals surface area contributed by atoms with Crippen LogP contribution in [0.5, 0.6) is 11.5 Å². The number of allylic oxidation sites excluding steroid dienone is 1. The minimum absolute atomic E-state index is 0.00349. The highest BCUT2D eigenvalue weighted by atomic mass is 16.6. The first-order valence-corrected chi connectivity index (χ1v) is 26.3. The highest BCUT2D eigenvalue weighted by molar-refractivity contribution is 6.07. The predicted octanol–water partition coefficient (Wildman–Crippen LogP) is 7.22. The van der Waals surface area contributed by atoms with Crippen molar-refractivity contribution < 1.29 is 34.8 Å². The standard InChI is InChI=1S/C59H77N5O7/c1-39(67)34-63-49-18-21-59(32-49,33-54-52-19-23-61-35-47(52)25-44-12-7-22-62-58(44)54)20-6-13-50(68)30-51(69)27-48(37-65)53-31-56(71-38-66)55(70)28-45(53)26-46-36-64-57(60)29-43(46)17-16-42-11-5-10-41(24-42)15-14-40-8-3-2-4-9-40/h2-5,7-12,24,27-29,31,36,39,44,47,49,52,54,58,61-63,65-67,70H,6,13-23,25-26,30,32-35,37-38H2,1H3,(H2,60,64). The molecule has 4 aromatic rings. The SMILES string of the molecule is CC(O)CNC1CCC(CCCC(=O)CC(=O)C=C(CO)c2cc(OCO)c(O)cc2Cc2cnc(N)cc2CCc2cccc(CCc3ccccc3)c2)(CC2C3CCNCC3CC3C=CCNC32)C1. The first-order valence-electron chi connectivity index (χ1n) is 26.3. The Morgan fingerprint density at radius 3 is 2.55 bits per heavy atom. The maximum atomic E-state index is 13.8. The van der Waals surface area contributed by atoms with Crippen LogP contribution in [-0.4, -0.2) is 94.7 Å². The molecule has 0 spiro atoms. The van der Waals surface area contributed by atoms with E-state index in [4.69, 9.17) is 10.5 Å². The number of hydrogen-bond donors (Lipinski definition) is 8. The number of piperidine rings is 1. The summed E-state index contributed by atoms with van der Waals surface area (Å²) >= 11 is 0. The minimum Gasteiger partial charge on any atom is -0.504 e. The van der Waals surface area contributed by atoms with Crippen LogP contribution >= 0.6 is 0 Å². The topological polar surface area (TPSA) is 199 Å². The number of aromatic hydroxyl groups is 1. The number of hydrogen-bond acceptors (Lipinski definition) is 12. The Hall–Kier alpha value is -5.21. The molecule has 9 N–H and O–H groups in total. The van der Waals surface area contributed by atoms with E-state index in [1.165, 1.54) is 47.7 Å². The second-order valence-corrected chi connectivity index (χ2v) is 21.2. The summed E-state index contributed by atoms with van der Waals surface area (Å²) in [5.74, 6) is 2.06. The molecule has 2 aliphatic carbocycles. The number of aliphatic hydroxyl groups excluding tert-OH is 3. The Balaban J connectivity index is 0.942. The molecule has 380 valence electrons. The van der Waals surface area contributed by atoms with E-state index in [1.54, 1.807) is 6.20 Å². The molecule has 2 aliphatic heterocycles. The van der Waals surface area contributed by atoms with Crippen molar-refractivity contribution in [2.24, 2.45) is 29.1 Å². The Kier molecular flexibility index (Phi) is 18.3. The number of carbonyl (C=O) groups is 2. The third kappa shape index (κ3) is 14.1. The molecule has 8 atom stereocenters. The second-order valence-electron chi connectivity index (χ2n) is 21.2. The summed E-state index contributed by atoms with van der Waals surface area (Å²) in [4.78, 5) is 31.9. The lowest BCUT2D eigenvalue weighted by Gasteiger charge is -2.52. The predicted molar refractivity (Wildman–Crippen MR) is 280 cm³/mol. The Labute approximate surface area is 420 Å². The second kappa shape index (κ2) is 25.0. The summed E-state index contributed by atoms with van der Waals surface area (Å²) in [6, 6.07) is 24.8. The Morgan fingerprint density at radius 1 is 0.972 bits per heavy atom. The van der Waals surface area contributed by atoms with Gasteiger partial charge in [-0.3, -0.25) is 9.59 Å². The van der Waals surface area contributed by atoms with Crippen LogP contribution in [0.4, 0.5) is 5.82 Å². The van der Waals surface area contributed by atoms with Gasteiger partial charge in [0.2, 0.25) is 0 Å². The molecular weight excluding hydrogens is 891 g/mol. The molecule has 3 fully saturated rings. The molecule has 71 heavy (non-hydrogen) atoms. The average Bonchev–Trinajstić information content (AvgIpc) is 3.78. The molecule has 12 heteroatoms. The van der Waals surface area contributed by atoms with E-state index >= 15 is 0 Å². The van der Waals surface area contributed by atoms with E-state index in [0.717, 1.165) is 82.1 Å². The molecule has 12 nitrogen and oxygen atoms in total. The van der Waals surface area contributed by atoms with Gasteiger partial charge in [-0.25, -0.2) is 4.98 Å². The quantitative estimate of drug-likeness (QED) is 0.0152. The van der Waals surface area contributed by atoms with Gasteiger partial charge in [-0.1, -0.05) is 66.7 Å². The number of nitrogen functional groups attached to an aromatic ring is 1. The molecule has 0 bridgehead atoms. The zero-order valence-corrected chi connectivity index (χ0v) is 41.7. The van der Waals surface area contributed by atoms with Crippen molar-refractivity contribution in [1.29, 1.82) is 0 Å². The number of ether oxygens (including phenoxy) is 1. The Morgan fingerprint density at radius 2 is 1.76 bits per heavy atom. The lowest BCUT2D eigenvalue weighted by Crippen LogP contribution is -2.56. The number of pyridine rings is 1. The van der Waals surface area contributed by atoms with Gasteiger partial charge in [0.05, 0.1) is 19.1 Å². The van der Waals surface area contributed by atoms with E-state index in [-0.39, 0.29) is 41.1 Å². The molecule has 3 aromatic carbocycles. The largest absolute Gasteiger partial charge is 0.504 e. The number of anilines is 1. The monoisotopic (exact) mass is 968 g/mol. The average molecular weight is 968 g/mol. The lowest BCUT2D eigenvalue weighted by atomic mass is 9.57. The molecule has 2 saturated carbocycles. The number of phenols is 1.